The average Bonchev–Trinajstić information content (AvgIpc) is 2.46. The zero-order valence-electron chi connectivity index (χ0n) is 13.8. The summed E-state index contributed by atoms with van der Waals surface area (Å²) in [5.41, 5.74) is 10.4. The molecule has 0 aliphatic heterocycles. The van der Waals surface area contributed by atoms with Crippen LogP contribution in [0.4, 0.5) is 5.69 Å². The Morgan fingerprint density at radius 3 is 2.43 bits per heavy atom. The van der Waals surface area contributed by atoms with Gasteiger partial charge in [-0.05, 0) is 55.2 Å². The van der Waals surface area contributed by atoms with E-state index in [1.165, 1.54) is 11.1 Å². The van der Waals surface area contributed by atoms with Crippen LogP contribution in [0.15, 0.2) is 47.5 Å². The molecule has 0 spiro atoms. The minimum absolute atomic E-state index is 0. The third kappa shape index (κ3) is 6.09. The summed E-state index contributed by atoms with van der Waals surface area (Å²) in [5, 5.41) is 3.13. The predicted molar refractivity (Wildman–Crippen MR) is 108 cm³/mol. The van der Waals surface area contributed by atoms with E-state index in [-0.39, 0.29) is 24.0 Å². The van der Waals surface area contributed by atoms with E-state index in [0.717, 1.165) is 23.4 Å². The Hall–Kier alpha value is -1.76. The number of hydrogen-bond donors (Lipinski definition) is 2. The normalized spacial score (nSPS) is 10.8. The molecule has 0 amide bonds. The summed E-state index contributed by atoms with van der Waals surface area (Å²) in [7, 11) is 1.68. The largest absolute Gasteiger partial charge is 0.496 e. The molecule has 124 valence electrons. The fourth-order valence-electron chi connectivity index (χ4n) is 2.44. The van der Waals surface area contributed by atoms with E-state index in [4.69, 9.17) is 10.5 Å². The number of ether oxygens (including phenoxy) is 1. The van der Waals surface area contributed by atoms with Crippen molar-refractivity contribution in [1.29, 1.82) is 0 Å². The van der Waals surface area contributed by atoms with E-state index >= 15 is 0 Å². The number of anilines is 1. The molecule has 0 bridgehead atoms. The highest BCUT2D eigenvalue weighted by Crippen LogP contribution is 2.17. The lowest BCUT2D eigenvalue weighted by atomic mass is 10.1. The maximum absolute atomic E-state index is 5.95. The number of methoxy groups -OCH3 is 1. The standard InChI is InChI=1S/C18H23N3O.HI/c1-13-10-14(2)12-16(11-13)21-18(19)20-9-8-15-6-4-5-7-17(15)22-3;/h4-7,10-12H,8-9H2,1-3H3,(H3,19,20,21);1H. The number of aliphatic imine (C=N–C) groups is 1. The molecule has 0 aromatic heterocycles. The lowest BCUT2D eigenvalue weighted by molar-refractivity contribution is 0.410. The number of rotatable bonds is 5. The lowest BCUT2D eigenvalue weighted by Gasteiger charge is -2.09. The molecule has 0 radical (unpaired) electrons. The van der Waals surface area contributed by atoms with E-state index in [2.05, 4.69) is 42.4 Å². The van der Waals surface area contributed by atoms with E-state index in [1.54, 1.807) is 7.11 Å². The second kappa shape index (κ2) is 9.39. The number of nitrogens with zero attached hydrogens (tertiary/aromatic N) is 1. The molecule has 0 unspecified atom stereocenters. The predicted octanol–water partition coefficient (Wildman–Crippen LogP) is 3.90. The smallest absolute Gasteiger partial charge is 0.193 e. The molecular weight excluding hydrogens is 401 g/mol. The molecule has 0 fully saturated rings. The quantitative estimate of drug-likeness (QED) is 0.434. The van der Waals surface area contributed by atoms with Gasteiger partial charge >= 0.3 is 0 Å². The van der Waals surface area contributed by atoms with Gasteiger partial charge in [0.1, 0.15) is 5.75 Å². The first kappa shape index (κ1) is 19.3. The van der Waals surface area contributed by atoms with Gasteiger partial charge < -0.3 is 15.8 Å². The van der Waals surface area contributed by atoms with Crippen molar-refractivity contribution < 1.29 is 4.74 Å². The van der Waals surface area contributed by atoms with E-state index < -0.39 is 0 Å². The summed E-state index contributed by atoms with van der Waals surface area (Å²) >= 11 is 0. The van der Waals surface area contributed by atoms with Gasteiger partial charge in [0, 0.05) is 12.2 Å². The summed E-state index contributed by atoms with van der Waals surface area (Å²) in [5.74, 6) is 1.32. The molecule has 2 aromatic carbocycles. The van der Waals surface area contributed by atoms with Crippen LogP contribution in [-0.4, -0.2) is 19.6 Å². The Morgan fingerprint density at radius 2 is 1.78 bits per heavy atom. The van der Waals surface area contributed by atoms with Crippen molar-refractivity contribution in [2.24, 2.45) is 10.7 Å². The number of halogens is 1. The van der Waals surface area contributed by atoms with Crippen LogP contribution < -0.4 is 15.8 Å². The fraction of sp³-hybridized carbons (Fsp3) is 0.278. The van der Waals surface area contributed by atoms with E-state index in [0.29, 0.717) is 12.5 Å². The van der Waals surface area contributed by atoms with Crippen molar-refractivity contribution in [1.82, 2.24) is 0 Å². The number of benzene rings is 2. The van der Waals surface area contributed by atoms with Gasteiger partial charge in [-0.3, -0.25) is 4.99 Å². The van der Waals surface area contributed by atoms with Crippen LogP contribution in [0.25, 0.3) is 0 Å². The monoisotopic (exact) mass is 425 g/mol. The van der Waals surface area contributed by atoms with Crippen LogP contribution >= 0.6 is 24.0 Å². The maximum atomic E-state index is 5.95. The highest BCUT2D eigenvalue weighted by molar-refractivity contribution is 14.0. The number of aryl methyl sites for hydroxylation is 2. The maximum Gasteiger partial charge on any atom is 0.193 e. The number of hydrogen-bond acceptors (Lipinski definition) is 2. The number of nitrogens with one attached hydrogen (secondary N) is 1. The third-order valence-electron chi connectivity index (χ3n) is 3.35. The molecule has 0 aliphatic rings. The molecule has 0 atom stereocenters. The SMILES string of the molecule is COc1ccccc1CCN=C(N)Nc1cc(C)cc(C)c1.I. The minimum atomic E-state index is 0. The number of guanidine groups is 1. The molecule has 3 N–H and O–H groups in total. The number of para-hydroxylation sites is 1. The van der Waals surface area contributed by atoms with Crippen molar-refractivity contribution in [2.45, 2.75) is 20.3 Å². The van der Waals surface area contributed by atoms with Gasteiger partial charge in [0.25, 0.3) is 0 Å². The molecular formula is C18H24IN3O. The molecule has 2 rings (SSSR count). The van der Waals surface area contributed by atoms with Gasteiger partial charge in [-0.25, -0.2) is 0 Å². The van der Waals surface area contributed by atoms with E-state index in [9.17, 15) is 0 Å². The lowest BCUT2D eigenvalue weighted by Crippen LogP contribution is -2.23. The molecule has 23 heavy (non-hydrogen) atoms. The van der Waals surface area contributed by atoms with Crippen LogP contribution in [0.2, 0.25) is 0 Å². The second-order valence-electron chi connectivity index (χ2n) is 5.33. The van der Waals surface area contributed by atoms with Gasteiger partial charge in [0.05, 0.1) is 7.11 Å². The van der Waals surface area contributed by atoms with Crippen LogP contribution in [0, 0.1) is 13.8 Å². The Labute approximate surface area is 155 Å². The summed E-state index contributed by atoms with van der Waals surface area (Å²) in [4.78, 5) is 4.38. The van der Waals surface area contributed by atoms with Crippen molar-refractivity contribution in [3.05, 3.63) is 59.2 Å². The van der Waals surface area contributed by atoms with Crippen LogP contribution in [0.1, 0.15) is 16.7 Å². The molecule has 0 aliphatic carbocycles. The van der Waals surface area contributed by atoms with Gasteiger partial charge in [-0.15, -0.1) is 24.0 Å². The van der Waals surface area contributed by atoms with Gasteiger partial charge in [-0.2, -0.15) is 0 Å². The van der Waals surface area contributed by atoms with Gasteiger partial charge in [0.2, 0.25) is 0 Å². The second-order valence-corrected chi connectivity index (χ2v) is 5.33. The Balaban J connectivity index is 0.00000264. The zero-order chi connectivity index (χ0) is 15.9. The van der Waals surface area contributed by atoms with Crippen molar-refractivity contribution in [3.8, 4) is 5.75 Å². The Bertz CT molecular complexity index is 651. The minimum Gasteiger partial charge on any atom is -0.496 e. The topological polar surface area (TPSA) is 59.6 Å². The average molecular weight is 425 g/mol. The molecule has 0 heterocycles. The van der Waals surface area contributed by atoms with Crippen molar-refractivity contribution >= 4 is 35.6 Å². The highest BCUT2D eigenvalue weighted by Gasteiger charge is 2.01. The summed E-state index contributed by atoms with van der Waals surface area (Å²) < 4.78 is 5.33. The molecule has 0 saturated carbocycles. The van der Waals surface area contributed by atoms with Crippen molar-refractivity contribution in [2.75, 3.05) is 19.0 Å². The molecule has 4 nitrogen and oxygen atoms in total. The van der Waals surface area contributed by atoms with E-state index in [1.807, 2.05) is 24.3 Å². The van der Waals surface area contributed by atoms with Crippen LogP contribution in [0.3, 0.4) is 0 Å². The van der Waals surface area contributed by atoms with Gasteiger partial charge in [-0.1, -0.05) is 24.3 Å². The Kier molecular flexibility index (Phi) is 7.88. The van der Waals surface area contributed by atoms with Crippen molar-refractivity contribution in [3.63, 3.8) is 0 Å². The van der Waals surface area contributed by atoms with Crippen LogP contribution in [-0.2, 0) is 6.42 Å². The highest BCUT2D eigenvalue weighted by atomic mass is 127. The zero-order valence-corrected chi connectivity index (χ0v) is 16.1. The van der Waals surface area contributed by atoms with Gasteiger partial charge in [0.15, 0.2) is 5.96 Å². The summed E-state index contributed by atoms with van der Waals surface area (Å²) in [6.07, 6.45) is 0.791. The molecule has 0 saturated heterocycles. The first-order valence-corrected chi connectivity index (χ1v) is 7.35. The molecule has 2 aromatic rings. The summed E-state index contributed by atoms with van der Waals surface area (Å²) in [6.45, 7) is 4.74. The third-order valence-corrected chi connectivity index (χ3v) is 3.35. The first-order valence-electron chi connectivity index (χ1n) is 7.35. The fourth-order valence-corrected chi connectivity index (χ4v) is 2.44. The Morgan fingerprint density at radius 1 is 1.13 bits per heavy atom. The van der Waals surface area contributed by atoms with Crippen LogP contribution in [0.5, 0.6) is 5.75 Å². The summed E-state index contributed by atoms with van der Waals surface area (Å²) in [6, 6.07) is 14.2. The first-order chi connectivity index (χ1) is 10.6. The number of nitrogens with two attached hydrogens (primary N) is 1. The molecule has 5 heteroatoms.